The Labute approximate surface area is 155 Å². The minimum absolute atomic E-state index is 0.0251. The van der Waals surface area contributed by atoms with Crippen LogP contribution in [0.2, 0.25) is 5.15 Å². The fourth-order valence-electron chi connectivity index (χ4n) is 2.98. The second-order valence-electron chi connectivity index (χ2n) is 5.99. The van der Waals surface area contributed by atoms with Gasteiger partial charge in [0, 0.05) is 17.3 Å². The summed E-state index contributed by atoms with van der Waals surface area (Å²) in [5.74, 6) is 0.228. The number of aliphatic carboxylic acids is 1. The number of carboxylic acid groups (broad SMARTS) is 1. The van der Waals surface area contributed by atoms with E-state index in [1.807, 2.05) is 13.8 Å². The molecule has 3 heterocycles. The molecule has 136 valence electrons. The van der Waals surface area contributed by atoms with Crippen molar-refractivity contribution in [3.8, 4) is 5.75 Å². The molecule has 2 aromatic heterocycles. The summed E-state index contributed by atoms with van der Waals surface area (Å²) in [6, 6.07) is 0. The van der Waals surface area contributed by atoms with Gasteiger partial charge in [0.05, 0.1) is 37.0 Å². The van der Waals surface area contributed by atoms with E-state index in [-0.39, 0.29) is 23.2 Å². The molecule has 0 saturated carbocycles. The van der Waals surface area contributed by atoms with Gasteiger partial charge in [-0.2, -0.15) is 4.98 Å². The van der Waals surface area contributed by atoms with Gasteiger partial charge in [-0.25, -0.2) is 9.78 Å². The van der Waals surface area contributed by atoms with Crippen molar-refractivity contribution in [1.29, 1.82) is 0 Å². The Kier molecular flexibility index (Phi) is 4.69. The van der Waals surface area contributed by atoms with Crippen LogP contribution in [-0.2, 0) is 11.3 Å². The summed E-state index contributed by atoms with van der Waals surface area (Å²) in [6.07, 6.45) is 3.20. The lowest BCUT2D eigenvalue weighted by Crippen LogP contribution is -2.32. The van der Waals surface area contributed by atoms with Crippen molar-refractivity contribution < 1.29 is 14.6 Å². The molecule has 9 heteroatoms. The Morgan fingerprint density at radius 2 is 2.15 bits per heavy atom. The summed E-state index contributed by atoms with van der Waals surface area (Å²) in [5, 5.41) is 9.54. The van der Waals surface area contributed by atoms with Crippen LogP contribution in [0.25, 0.3) is 6.08 Å². The SMILES string of the molecule is COc1c(C)cnc(CN2CC(C(=O)O)=Cc3c(Cl)nc(N)nc32)c1C. The van der Waals surface area contributed by atoms with E-state index in [0.29, 0.717) is 17.9 Å². The number of carbonyl (C=O) groups is 1. The third-order valence-electron chi connectivity index (χ3n) is 4.24. The summed E-state index contributed by atoms with van der Waals surface area (Å²) in [4.78, 5) is 25.9. The van der Waals surface area contributed by atoms with Crippen LogP contribution in [0.15, 0.2) is 11.8 Å². The Bertz CT molecular complexity index is 929. The van der Waals surface area contributed by atoms with Crippen molar-refractivity contribution in [3.05, 3.63) is 39.3 Å². The number of aromatic nitrogens is 3. The van der Waals surface area contributed by atoms with Gasteiger partial charge in [0.25, 0.3) is 0 Å². The molecule has 1 aliphatic heterocycles. The first-order valence-corrected chi connectivity index (χ1v) is 8.20. The first-order chi connectivity index (χ1) is 12.3. The zero-order valence-corrected chi connectivity index (χ0v) is 15.3. The molecule has 2 aromatic rings. The van der Waals surface area contributed by atoms with Crippen LogP contribution in [0, 0.1) is 13.8 Å². The molecule has 0 radical (unpaired) electrons. The molecule has 0 unspecified atom stereocenters. The monoisotopic (exact) mass is 375 g/mol. The minimum atomic E-state index is -1.03. The molecule has 0 saturated heterocycles. The van der Waals surface area contributed by atoms with Gasteiger partial charge in [-0.05, 0) is 19.9 Å². The number of aryl methyl sites for hydroxylation is 1. The third-order valence-corrected chi connectivity index (χ3v) is 4.53. The molecule has 3 rings (SSSR count). The summed E-state index contributed by atoms with van der Waals surface area (Å²) >= 11 is 6.15. The van der Waals surface area contributed by atoms with Crippen molar-refractivity contribution in [3.63, 3.8) is 0 Å². The zero-order valence-electron chi connectivity index (χ0n) is 14.6. The van der Waals surface area contributed by atoms with Crippen LogP contribution in [0.1, 0.15) is 22.4 Å². The average Bonchev–Trinajstić information content (AvgIpc) is 2.58. The predicted octanol–water partition coefficient (Wildman–Crippen LogP) is 2.22. The van der Waals surface area contributed by atoms with E-state index >= 15 is 0 Å². The highest BCUT2D eigenvalue weighted by molar-refractivity contribution is 6.31. The quantitative estimate of drug-likeness (QED) is 0.782. The third kappa shape index (κ3) is 3.15. The Morgan fingerprint density at radius 1 is 1.42 bits per heavy atom. The summed E-state index contributed by atoms with van der Waals surface area (Å²) in [7, 11) is 1.61. The normalized spacial score (nSPS) is 13.2. The number of carboxylic acids is 1. The van der Waals surface area contributed by atoms with E-state index in [2.05, 4.69) is 15.0 Å². The molecule has 0 fully saturated rings. The largest absolute Gasteiger partial charge is 0.496 e. The smallest absolute Gasteiger partial charge is 0.333 e. The van der Waals surface area contributed by atoms with Crippen LogP contribution in [0.3, 0.4) is 0 Å². The van der Waals surface area contributed by atoms with E-state index < -0.39 is 5.97 Å². The number of nitrogens with zero attached hydrogens (tertiary/aromatic N) is 4. The molecule has 26 heavy (non-hydrogen) atoms. The van der Waals surface area contributed by atoms with Crippen LogP contribution in [-0.4, -0.2) is 39.7 Å². The lowest BCUT2D eigenvalue weighted by atomic mass is 10.1. The van der Waals surface area contributed by atoms with Crippen molar-refractivity contribution in [2.24, 2.45) is 0 Å². The molecule has 0 spiro atoms. The summed E-state index contributed by atoms with van der Waals surface area (Å²) in [5.41, 5.74) is 8.89. The van der Waals surface area contributed by atoms with Gasteiger partial charge >= 0.3 is 5.97 Å². The van der Waals surface area contributed by atoms with Crippen molar-refractivity contribution >= 4 is 35.4 Å². The number of anilines is 2. The maximum Gasteiger partial charge on any atom is 0.333 e. The maximum absolute atomic E-state index is 11.5. The number of fused-ring (bicyclic) bond motifs is 1. The summed E-state index contributed by atoms with van der Waals surface area (Å²) < 4.78 is 5.44. The first-order valence-electron chi connectivity index (χ1n) is 7.82. The van der Waals surface area contributed by atoms with Crippen molar-refractivity contribution in [2.75, 3.05) is 24.3 Å². The van der Waals surface area contributed by atoms with Gasteiger partial charge in [0.15, 0.2) is 0 Å². The number of hydrogen-bond donors (Lipinski definition) is 2. The number of nitrogen functional groups attached to an aromatic ring is 1. The second kappa shape index (κ2) is 6.80. The summed E-state index contributed by atoms with van der Waals surface area (Å²) in [6.45, 7) is 4.30. The lowest BCUT2D eigenvalue weighted by molar-refractivity contribution is -0.132. The molecular weight excluding hydrogens is 358 g/mol. The van der Waals surface area contributed by atoms with Crippen LogP contribution >= 0.6 is 11.6 Å². The predicted molar refractivity (Wildman–Crippen MR) is 98.4 cm³/mol. The standard InChI is InChI=1S/C17H18ClN5O3/c1-8-5-20-12(9(2)13(8)26-3)7-23-6-10(16(24)25)4-11-14(18)21-17(19)22-15(11)23/h4-5H,6-7H2,1-3H3,(H,24,25)(H2,19,21,22). The fraction of sp³-hybridized carbons (Fsp3) is 0.294. The van der Waals surface area contributed by atoms with Crippen LogP contribution < -0.4 is 15.4 Å². The van der Waals surface area contributed by atoms with E-state index in [9.17, 15) is 9.90 Å². The van der Waals surface area contributed by atoms with Gasteiger partial charge < -0.3 is 20.5 Å². The van der Waals surface area contributed by atoms with Crippen LogP contribution in [0.4, 0.5) is 11.8 Å². The van der Waals surface area contributed by atoms with E-state index in [0.717, 1.165) is 22.6 Å². The molecule has 0 amide bonds. The van der Waals surface area contributed by atoms with E-state index in [1.54, 1.807) is 18.2 Å². The molecule has 8 nitrogen and oxygen atoms in total. The number of methoxy groups -OCH3 is 1. The van der Waals surface area contributed by atoms with Gasteiger partial charge in [0.2, 0.25) is 5.95 Å². The van der Waals surface area contributed by atoms with Gasteiger partial charge in [0.1, 0.15) is 16.7 Å². The van der Waals surface area contributed by atoms with Crippen LogP contribution in [0.5, 0.6) is 5.75 Å². The molecular formula is C17H18ClN5O3. The van der Waals surface area contributed by atoms with Gasteiger partial charge in [-0.15, -0.1) is 0 Å². The number of nitrogens with two attached hydrogens (primary N) is 1. The Morgan fingerprint density at radius 3 is 2.81 bits per heavy atom. The molecule has 0 aliphatic carbocycles. The highest BCUT2D eigenvalue weighted by Gasteiger charge is 2.27. The zero-order chi connectivity index (χ0) is 19.0. The average molecular weight is 376 g/mol. The minimum Gasteiger partial charge on any atom is -0.496 e. The number of pyridine rings is 1. The van der Waals surface area contributed by atoms with Crippen molar-refractivity contribution in [1.82, 2.24) is 15.0 Å². The molecule has 3 N–H and O–H groups in total. The Hall–Kier alpha value is -2.87. The van der Waals surface area contributed by atoms with E-state index in [1.165, 1.54) is 6.08 Å². The topological polar surface area (TPSA) is 114 Å². The maximum atomic E-state index is 11.5. The number of ether oxygens (including phenoxy) is 1. The lowest BCUT2D eigenvalue weighted by Gasteiger charge is -2.29. The number of rotatable bonds is 4. The Balaban J connectivity index is 2.07. The van der Waals surface area contributed by atoms with Gasteiger partial charge in [-0.3, -0.25) is 4.98 Å². The number of halogens is 1. The fourth-order valence-corrected chi connectivity index (χ4v) is 3.21. The first kappa shape index (κ1) is 17.9. The highest BCUT2D eigenvalue weighted by atomic mass is 35.5. The van der Waals surface area contributed by atoms with Crippen molar-refractivity contribution in [2.45, 2.75) is 20.4 Å². The second-order valence-corrected chi connectivity index (χ2v) is 6.34. The molecule has 0 bridgehead atoms. The molecule has 1 aliphatic rings. The highest BCUT2D eigenvalue weighted by Crippen LogP contribution is 2.34. The molecule has 0 aromatic carbocycles. The van der Waals surface area contributed by atoms with Gasteiger partial charge in [-0.1, -0.05) is 11.6 Å². The number of hydrogen-bond acceptors (Lipinski definition) is 7. The molecule has 0 atom stereocenters. The van der Waals surface area contributed by atoms with E-state index in [4.69, 9.17) is 22.1 Å².